The van der Waals surface area contributed by atoms with E-state index < -0.39 is 0 Å². The Balaban J connectivity index is 1.96. The zero-order valence-corrected chi connectivity index (χ0v) is 16.8. The maximum absolute atomic E-state index is 4.56. The highest BCUT2D eigenvalue weighted by Crippen LogP contribution is 2.20. The number of hydrogen-bond acceptors (Lipinski definition) is 6. The van der Waals surface area contributed by atoms with Crippen LogP contribution in [0.3, 0.4) is 0 Å². The molecule has 0 aliphatic carbocycles. The molecule has 0 amide bonds. The van der Waals surface area contributed by atoms with E-state index in [0.29, 0.717) is 18.0 Å². The van der Waals surface area contributed by atoms with E-state index in [0.717, 1.165) is 30.3 Å². The quantitative estimate of drug-likeness (QED) is 0.712. The van der Waals surface area contributed by atoms with Crippen molar-refractivity contribution in [1.29, 1.82) is 0 Å². The van der Waals surface area contributed by atoms with Crippen molar-refractivity contribution in [3.8, 4) is 0 Å². The summed E-state index contributed by atoms with van der Waals surface area (Å²) in [7, 11) is 4.05. The summed E-state index contributed by atoms with van der Waals surface area (Å²) in [5.74, 6) is 1.43. The number of anilines is 4. The molecule has 0 bridgehead atoms. The molecular weight excluding hydrogens is 324 g/mol. The van der Waals surface area contributed by atoms with Crippen LogP contribution in [0.25, 0.3) is 0 Å². The summed E-state index contributed by atoms with van der Waals surface area (Å²) in [6, 6.07) is 11.1. The van der Waals surface area contributed by atoms with Crippen LogP contribution in [0, 0.1) is 0 Å². The van der Waals surface area contributed by atoms with E-state index in [1.807, 2.05) is 32.3 Å². The summed E-state index contributed by atoms with van der Waals surface area (Å²) >= 11 is 0. The molecule has 0 saturated heterocycles. The first kappa shape index (κ1) is 20.0. The second-order valence-corrected chi connectivity index (χ2v) is 7.19. The molecule has 1 heterocycles. The smallest absolute Gasteiger partial charge is 0.229 e. The maximum Gasteiger partial charge on any atom is 0.229 e. The van der Waals surface area contributed by atoms with Gasteiger partial charge in [-0.3, -0.25) is 4.90 Å². The predicted molar refractivity (Wildman–Crippen MR) is 112 cm³/mol. The van der Waals surface area contributed by atoms with Gasteiger partial charge in [-0.2, -0.15) is 4.98 Å². The van der Waals surface area contributed by atoms with Crippen LogP contribution in [-0.4, -0.2) is 54.1 Å². The van der Waals surface area contributed by atoms with Crippen molar-refractivity contribution < 1.29 is 0 Å². The van der Waals surface area contributed by atoms with Gasteiger partial charge in [0.2, 0.25) is 5.95 Å². The molecule has 2 N–H and O–H groups in total. The van der Waals surface area contributed by atoms with Crippen molar-refractivity contribution >= 4 is 23.1 Å². The summed E-state index contributed by atoms with van der Waals surface area (Å²) < 4.78 is 0. The van der Waals surface area contributed by atoms with E-state index in [1.54, 1.807) is 6.20 Å². The van der Waals surface area contributed by atoms with Gasteiger partial charge in [0.15, 0.2) is 0 Å². The fourth-order valence-corrected chi connectivity index (χ4v) is 2.93. The van der Waals surface area contributed by atoms with Gasteiger partial charge in [0.1, 0.15) is 5.82 Å². The number of nitrogens with one attached hydrogen (secondary N) is 2. The largest absolute Gasteiger partial charge is 0.378 e. The molecule has 2 aromatic rings. The molecule has 2 rings (SSSR count). The van der Waals surface area contributed by atoms with E-state index in [9.17, 15) is 0 Å². The minimum absolute atomic E-state index is 0.531. The van der Waals surface area contributed by atoms with Gasteiger partial charge in [0, 0.05) is 56.8 Å². The number of benzene rings is 1. The summed E-state index contributed by atoms with van der Waals surface area (Å²) in [5, 5.41) is 6.68. The Hall–Kier alpha value is -2.34. The van der Waals surface area contributed by atoms with Crippen LogP contribution < -0.4 is 15.5 Å². The molecule has 1 aromatic carbocycles. The van der Waals surface area contributed by atoms with Crippen LogP contribution in [0.4, 0.5) is 23.1 Å². The maximum atomic E-state index is 4.56. The van der Waals surface area contributed by atoms with Crippen molar-refractivity contribution in [3.63, 3.8) is 0 Å². The molecule has 6 heteroatoms. The molecule has 0 unspecified atom stereocenters. The van der Waals surface area contributed by atoms with Crippen LogP contribution in [0.5, 0.6) is 0 Å². The highest BCUT2D eigenvalue weighted by molar-refractivity contribution is 5.62. The minimum Gasteiger partial charge on any atom is -0.378 e. The molecule has 1 aromatic heterocycles. The highest BCUT2D eigenvalue weighted by atomic mass is 15.2. The Bertz CT molecular complexity index is 676. The van der Waals surface area contributed by atoms with E-state index in [1.165, 1.54) is 0 Å². The van der Waals surface area contributed by atoms with E-state index in [4.69, 9.17) is 0 Å². The standard InChI is InChI=1S/C20H32N6/c1-15(2)26(16(3)4)13-12-21-19-10-11-22-20(24-19)23-17-8-7-9-18(14-17)25(5)6/h7-11,14-16H,12-13H2,1-6H3,(H2,21,22,23,24). The lowest BCUT2D eigenvalue weighted by atomic mass is 10.2. The molecule has 0 fully saturated rings. The average molecular weight is 357 g/mol. The third-order valence-corrected chi connectivity index (χ3v) is 4.28. The van der Waals surface area contributed by atoms with Crippen LogP contribution in [0.15, 0.2) is 36.5 Å². The Morgan fingerprint density at radius 2 is 1.77 bits per heavy atom. The first-order chi connectivity index (χ1) is 12.4. The van der Waals surface area contributed by atoms with Gasteiger partial charge >= 0.3 is 0 Å². The molecule has 0 atom stereocenters. The highest BCUT2D eigenvalue weighted by Gasteiger charge is 2.12. The lowest BCUT2D eigenvalue weighted by molar-refractivity contribution is 0.182. The van der Waals surface area contributed by atoms with Crippen molar-refractivity contribution in [2.45, 2.75) is 39.8 Å². The van der Waals surface area contributed by atoms with Gasteiger partial charge in [0.05, 0.1) is 0 Å². The fraction of sp³-hybridized carbons (Fsp3) is 0.500. The van der Waals surface area contributed by atoms with Crippen LogP contribution in [0.1, 0.15) is 27.7 Å². The third kappa shape index (κ3) is 5.88. The summed E-state index contributed by atoms with van der Waals surface area (Å²) in [5.41, 5.74) is 2.10. The number of hydrogen-bond donors (Lipinski definition) is 2. The predicted octanol–water partition coefficient (Wildman–Crippen LogP) is 3.82. The molecule has 0 radical (unpaired) electrons. The first-order valence-electron chi connectivity index (χ1n) is 9.24. The first-order valence-corrected chi connectivity index (χ1v) is 9.24. The van der Waals surface area contributed by atoms with Gasteiger partial charge in [-0.25, -0.2) is 4.98 Å². The third-order valence-electron chi connectivity index (χ3n) is 4.28. The summed E-state index contributed by atoms with van der Waals surface area (Å²) in [6.07, 6.45) is 1.77. The van der Waals surface area contributed by atoms with Crippen molar-refractivity contribution in [1.82, 2.24) is 14.9 Å². The van der Waals surface area contributed by atoms with Crippen LogP contribution in [0.2, 0.25) is 0 Å². The molecular formula is C20H32N6. The molecule has 0 aliphatic rings. The summed E-state index contributed by atoms with van der Waals surface area (Å²) in [4.78, 5) is 13.4. The van der Waals surface area contributed by atoms with Crippen molar-refractivity contribution in [2.75, 3.05) is 42.7 Å². The molecule has 6 nitrogen and oxygen atoms in total. The van der Waals surface area contributed by atoms with Gasteiger partial charge in [-0.15, -0.1) is 0 Å². The number of rotatable bonds is 9. The number of nitrogens with zero attached hydrogens (tertiary/aromatic N) is 4. The Kier molecular flexibility index (Phi) is 7.21. The summed E-state index contributed by atoms with van der Waals surface area (Å²) in [6.45, 7) is 10.8. The van der Waals surface area contributed by atoms with Gasteiger partial charge in [0.25, 0.3) is 0 Å². The average Bonchev–Trinajstić information content (AvgIpc) is 2.58. The van der Waals surface area contributed by atoms with E-state index in [-0.39, 0.29) is 0 Å². The van der Waals surface area contributed by atoms with E-state index in [2.05, 4.69) is 70.2 Å². The monoisotopic (exact) mass is 356 g/mol. The Morgan fingerprint density at radius 1 is 1.04 bits per heavy atom. The SMILES string of the molecule is CC(C)N(CCNc1ccnc(Nc2cccc(N(C)C)c2)n1)C(C)C. The molecule has 142 valence electrons. The van der Waals surface area contributed by atoms with Crippen molar-refractivity contribution in [3.05, 3.63) is 36.5 Å². The fourth-order valence-electron chi connectivity index (χ4n) is 2.93. The van der Waals surface area contributed by atoms with E-state index >= 15 is 0 Å². The van der Waals surface area contributed by atoms with Gasteiger partial charge in [-0.05, 0) is 52.0 Å². The van der Waals surface area contributed by atoms with Crippen LogP contribution in [-0.2, 0) is 0 Å². The topological polar surface area (TPSA) is 56.3 Å². The molecule has 0 saturated carbocycles. The van der Waals surface area contributed by atoms with Crippen LogP contribution >= 0.6 is 0 Å². The van der Waals surface area contributed by atoms with Crippen molar-refractivity contribution in [2.24, 2.45) is 0 Å². The lowest BCUT2D eigenvalue weighted by Crippen LogP contribution is -2.40. The van der Waals surface area contributed by atoms with Gasteiger partial charge in [-0.1, -0.05) is 6.07 Å². The lowest BCUT2D eigenvalue weighted by Gasteiger charge is -2.30. The van der Waals surface area contributed by atoms with Gasteiger partial charge < -0.3 is 15.5 Å². The number of aromatic nitrogens is 2. The Labute approximate surface area is 157 Å². The molecule has 26 heavy (non-hydrogen) atoms. The molecule has 0 aliphatic heterocycles. The Morgan fingerprint density at radius 3 is 2.42 bits per heavy atom. The molecule has 0 spiro atoms. The zero-order chi connectivity index (χ0) is 19.1. The normalized spacial score (nSPS) is 11.3. The minimum atomic E-state index is 0.531. The second kappa shape index (κ2) is 9.38. The zero-order valence-electron chi connectivity index (χ0n) is 16.8. The second-order valence-electron chi connectivity index (χ2n) is 7.19.